The predicted molar refractivity (Wildman–Crippen MR) is 45.9 cm³/mol. The van der Waals surface area contributed by atoms with E-state index < -0.39 is 12.0 Å². The molecule has 0 aromatic rings. The number of carbonyl (C=O) groups excluding carboxylic acids is 2. The fraction of sp³-hybridized carbons (Fsp3) is 0.500. The summed E-state index contributed by atoms with van der Waals surface area (Å²) in [4.78, 5) is 21.7. The molecule has 74 valence electrons. The molecule has 0 fully saturated rings. The van der Waals surface area contributed by atoms with Crippen molar-refractivity contribution in [1.29, 1.82) is 0 Å². The van der Waals surface area contributed by atoms with Crippen LogP contribution in [0.25, 0.3) is 0 Å². The number of ether oxygens (including phenoxy) is 2. The van der Waals surface area contributed by atoms with E-state index in [0.717, 1.165) is 0 Å². The zero-order chi connectivity index (χ0) is 10.3. The van der Waals surface area contributed by atoms with Crippen molar-refractivity contribution < 1.29 is 19.1 Å². The molecule has 0 aliphatic rings. The fourth-order valence-electron chi connectivity index (χ4n) is 0.569. The van der Waals surface area contributed by atoms with Gasteiger partial charge >= 0.3 is 6.09 Å². The first-order chi connectivity index (χ1) is 6.11. The third kappa shape index (κ3) is 4.84. The molecule has 0 spiro atoms. The van der Waals surface area contributed by atoms with Gasteiger partial charge in [-0.1, -0.05) is 6.58 Å². The van der Waals surface area contributed by atoms with Gasteiger partial charge in [-0.25, -0.2) is 4.79 Å². The summed E-state index contributed by atoms with van der Waals surface area (Å²) in [5.41, 5.74) is 0. The highest BCUT2D eigenvalue weighted by Gasteiger charge is 2.11. The van der Waals surface area contributed by atoms with Crippen LogP contribution in [-0.2, 0) is 14.3 Å². The maximum absolute atomic E-state index is 11.0. The average Bonchev–Trinajstić information content (AvgIpc) is 2.05. The molecule has 0 aliphatic heterocycles. The molecule has 0 aromatic carbocycles. The molecule has 0 aromatic heterocycles. The highest BCUT2D eigenvalue weighted by Crippen LogP contribution is 1.92. The van der Waals surface area contributed by atoms with Gasteiger partial charge in [0.05, 0.1) is 13.2 Å². The predicted octanol–water partition coefficient (Wildman–Crippen LogP) is 0.809. The summed E-state index contributed by atoms with van der Waals surface area (Å²) >= 11 is 0. The molecule has 2 amide bonds. The molecule has 13 heavy (non-hydrogen) atoms. The first kappa shape index (κ1) is 11.5. The molecule has 0 atom stereocenters. The van der Waals surface area contributed by atoms with Gasteiger partial charge in [-0.05, 0) is 13.8 Å². The molecule has 5 heteroatoms. The largest absolute Gasteiger partial charge is 0.489 e. The van der Waals surface area contributed by atoms with Crippen molar-refractivity contribution in [2.45, 2.75) is 13.8 Å². The summed E-state index contributed by atoms with van der Waals surface area (Å²) in [6.45, 7) is 7.20. The second-order valence-corrected chi connectivity index (χ2v) is 2.03. The Balaban J connectivity index is 3.86. The topological polar surface area (TPSA) is 64.6 Å². The van der Waals surface area contributed by atoms with E-state index in [9.17, 15) is 9.59 Å². The van der Waals surface area contributed by atoms with Crippen molar-refractivity contribution in [3.63, 3.8) is 0 Å². The van der Waals surface area contributed by atoms with Gasteiger partial charge in [0, 0.05) is 0 Å². The second kappa shape index (κ2) is 6.05. The number of nitrogens with one attached hydrogen (secondary N) is 1. The van der Waals surface area contributed by atoms with Crippen LogP contribution in [0.15, 0.2) is 12.3 Å². The second-order valence-electron chi connectivity index (χ2n) is 2.03. The smallest absolute Gasteiger partial charge is 0.414 e. The lowest BCUT2D eigenvalue weighted by Gasteiger charge is -2.06. The molecule has 0 rings (SSSR count). The zero-order valence-electron chi connectivity index (χ0n) is 7.75. The van der Waals surface area contributed by atoms with Crippen LogP contribution in [0, 0.1) is 0 Å². The van der Waals surface area contributed by atoms with Gasteiger partial charge in [-0.2, -0.15) is 0 Å². The third-order valence-corrected chi connectivity index (χ3v) is 1.06. The van der Waals surface area contributed by atoms with Crippen molar-refractivity contribution in [1.82, 2.24) is 5.32 Å². The van der Waals surface area contributed by atoms with Crippen molar-refractivity contribution in [2.24, 2.45) is 0 Å². The Bertz CT molecular complexity index is 212. The minimum Gasteiger partial charge on any atom is -0.489 e. The van der Waals surface area contributed by atoms with Gasteiger partial charge in [0.2, 0.25) is 0 Å². The number of carbonyl (C=O) groups is 2. The standard InChI is InChI=1S/C8H13NO4/c1-4-12-6(3)7(10)9-8(11)13-5-2/h3-5H2,1-2H3,(H,9,10,11). The highest BCUT2D eigenvalue weighted by molar-refractivity contribution is 6.00. The van der Waals surface area contributed by atoms with Crippen LogP contribution in [0.3, 0.4) is 0 Å². The Hall–Kier alpha value is -1.52. The van der Waals surface area contributed by atoms with E-state index in [1.165, 1.54) is 0 Å². The summed E-state index contributed by atoms with van der Waals surface area (Å²) in [7, 11) is 0. The van der Waals surface area contributed by atoms with E-state index >= 15 is 0 Å². The number of hydrogen-bond acceptors (Lipinski definition) is 4. The van der Waals surface area contributed by atoms with Crippen molar-refractivity contribution >= 4 is 12.0 Å². The Morgan fingerprint density at radius 2 is 1.77 bits per heavy atom. The van der Waals surface area contributed by atoms with Crippen LogP contribution in [0.5, 0.6) is 0 Å². The Kier molecular flexibility index (Phi) is 5.34. The molecule has 0 radical (unpaired) electrons. The lowest BCUT2D eigenvalue weighted by molar-refractivity contribution is -0.120. The fourth-order valence-corrected chi connectivity index (χ4v) is 0.569. The SMILES string of the molecule is C=C(OCC)C(=O)NC(=O)OCC. The maximum Gasteiger partial charge on any atom is 0.414 e. The van der Waals surface area contributed by atoms with Crippen LogP contribution in [-0.4, -0.2) is 25.2 Å². The molecule has 0 bridgehead atoms. The average molecular weight is 187 g/mol. The van der Waals surface area contributed by atoms with Gasteiger partial charge < -0.3 is 9.47 Å². The number of amides is 2. The van der Waals surface area contributed by atoms with Crippen LogP contribution >= 0.6 is 0 Å². The third-order valence-electron chi connectivity index (χ3n) is 1.06. The van der Waals surface area contributed by atoms with Crippen molar-refractivity contribution in [2.75, 3.05) is 13.2 Å². The molecule has 0 saturated carbocycles. The highest BCUT2D eigenvalue weighted by atomic mass is 16.5. The van der Waals surface area contributed by atoms with E-state index in [2.05, 4.69) is 11.3 Å². The van der Waals surface area contributed by atoms with E-state index in [0.29, 0.717) is 6.61 Å². The minimum absolute atomic E-state index is 0.101. The molecule has 0 aliphatic carbocycles. The van der Waals surface area contributed by atoms with Gasteiger partial charge in [-0.15, -0.1) is 0 Å². The molecule has 5 nitrogen and oxygen atoms in total. The van der Waals surface area contributed by atoms with E-state index in [1.54, 1.807) is 13.8 Å². The van der Waals surface area contributed by atoms with E-state index in [4.69, 9.17) is 4.74 Å². The molecule has 0 saturated heterocycles. The van der Waals surface area contributed by atoms with Gasteiger partial charge in [0.25, 0.3) is 5.91 Å². The minimum atomic E-state index is -0.798. The Labute approximate surface area is 76.7 Å². The zero-order valence-corrected chi connectivity index (χ0v) is 7.75. The number of rotatable bonds is 4. The van der Waals surface area contributed by atoms with Crippen molar-refractivity contribution in [3.8, 4) is 0 Å². The molecule has 0 heterocycles. The molecule has 1 N–H and O–H groups in total. The first-order valence-electron chi connectivity index (χ1n) is 3.91. The van der Waals surface area contributed by atoms with Crippen LogP contribution in [0.2, 0.25) is 0 Å². The quantitative estimate of drug-likeness (QED) is 0.522. The number of hydrogen-bond donors (Lipinski definition) is 1. The van der Waals surface area contributed by atoms with E-state index in [1.807, 2.05) is 5.32 Å². The molecule has 0 unspecified atom stereocenters. The lowest BCUT2D eigenvalue weighted by Crippen LogP contribution is -2.32. The van der Waals surface area contributed by atoms with Gasteiger partial charge in [0.15, 0.2) is 5.76 Å². The van der Waals surface area contributed by atoms with E-state index in [-0.39, 0.29) is 12.4 Å². The number of alkyl carbamates (subject to hydrolysis) is 1. The summed E-state index contributed by atoms with van der Waals surface area (Å²) in [6.07, 6.45) is -0.798. The van der Waals surface area contributed by atoms with Crippen molar-refractivity contribution in [3.05, 3.63) is 12.3 Å². The molecular weight excluding hydrogens is 174 g/mol. The Morgan fingerprint density at radius 3 is 2.23 bits per heavy atom. The Morgan fingerprint density at radius 1 is 1.23 bits per heavy atom. The molecular formula is C8H13NO4. The summed E-state index contributed by atoms with van der Waals surface area (Å²) < 4.78 is 9.24. The normalized spacial score (nSPS) is 8.77. The summed E-state index contributed by atoms with van der Waals surface area (Å²) in [6, 6.07) is 0. The monoisotopic (exact) mass is 187 g/mol. The summed E-state index contributed by atoms with van der Waals surface area (Å²) in [5.74, 6) is -0.782. The van der Waals surface area contributed by atoms with Gasteiger partial charge in [0.1, 0.15) is 0 Å². The number of imide groups is 1. The summed E-state index contributed by atoms with van der Waals surface area (Å²) in [5, 5.41) is 1.94. The first-order valence-corrected chi connectivity index (χ1v) is 3.91. The lowest BCUT2D eigenvalue weighted by atomic mass is 10.5. The van der Waals surface area contributed by atoms with Crippen LogP contribution in [0.1, 0.15) is 13.8 Å². The maximum atomic E-state index is 11.0. The van der Waals surface area contributed by atoms with Crippen LogP contribution < -0.4 is 5.32 Å². The van der Waals surface area contributed by atoms with Gasteiger partial charge in [-0.3, -0.25) is 10.1 Å². The van der Waals surface area contributed by atoms with Crippen LogP contribution in [0.4, 0.5) is 4.79 Å².